The standard InChI is InChI=1S/C15H19NO3/c16-8-5-12-3-1-2-4-14(12)15(11-17)19-13-6-9-18-10-7-13/h1-4,13,15,17H,5-7,9-11H2. The van der Waals surface area contributed by atoms with Gasteiger partial charge < -0.3 is 14.6 Å². The molecule has 1 aliphatic heterocycles. The van der Waals surface area contributed by atoms with Gasteiger partial charge in [-0.25, -0.2) is 0 Å². The monoisotopic (exact) mass is 261 g/mol. The Morgan fingerprint density at radius 1 is 1.37 bits per heavy atom. The van der Waals surface area contributed by atoms with Crippen LogP contribution in [0.2, 0.25) is 0 Å². The molecule has 0 radical (unpaired) electrons. The summed E-state index contributed by atoms with van der Waals surface area (Å²) in [6, 6.07) is 9.80. The molecule has 0 saturated carbocycles. The Balaban J connectivity index is 2.10. The van der Waals surface area contributed by atoms with Crippen molar-refractivity contribution in [3.05, 3.63) is 35.4 Å². The van der Waals surface area contributed by atoms with Gasteiger partial charge >= 0.3 is 0 Å². The fraction of sp³-hybridized carbons (Fsp3) is 0.533. The van der Waals surface area contributed by atoms with Crippen molar-refractivity contribution >= 4 is 0 Å². The first-order valence-corrected chi connectivity index (χ1v) is 6.64. The van der Waals surface area contributed by atoms with Crippen molar-refractivity contribution in [1.29, 1.82) is 5.26 Å². The van der Waals surface area contributed by atoms with E-state index in [1.807, 2.05) is 24.3 Å². The van der Waals surface area contributed by atoms with Gasteiger partial charge in [-0.1, -0.05) is 24.3 Å². The zero-order valence-electron chi connectivity index (χ0n) is 10.9. The Labute approximate surface area is 113 Å². The summed E-state index contributed by atoms with van der Waals surface area (Å²) in [6.07, 6.45) is 1.83. The van der Waals surface area contributed by atoms with Gasteiger partial charge in [0.2, 0.25) is 0 Å². The number of rotatable bonds is 5. The van der Waals surface area contributed by atoms with Gasteiger partial charge in [-0.05, 0) is 24.0 Å². The second-order valence-corrected chi connectivity index (χ2v) is 4.65. The van der Waals surface area contributed by atoms with Crippen molar-refractivity contribution in [2.45, 2.75) is 31.5 Å². The van der Waals surface area contributed by atoms with E-state index in [9.17, 15) is 5.11 Å². The van der Waals surface area contributed by atoms with Crippen molar-refractivity contribution in [1.82, 2.24) is 0 Å². The van der Waals surface area contributed by atoms with E-state index in [4.69, 9.17) is 14.7 Å². The van der Waals surface area contributed by atoms with Gasteiger partial charge in [-0.15, -0.1) is 0 Å². The van der Waals surface area contributed by atoms with E-state index in [0.717, 1.165) is 24.0 Å². The summed E-state index contributed by atoms with van der Waals surface area (Å²) in [4.78, 5) is 0. The highest BCUT2D eigenvalue weighted by Crippen LogP contribution is 2.25. The molecular formula is C15H19NO3. The van der Waals surface area contributed by atoms with Crippen molar-refractivity contribution in [3.63, 3.8) is 0 Å². The van der Waals surface area contributed by atoms with E-state index in [1.54, 1.807) is 0 Å². The zero-order chi connectivity index (χ0) is 13.5. The highest BCUT2D eigenvalue weighted by molar-refractivity contribution is 5.31. The van der Waals surface area contributed by atoms with E-state index in [-0.39, 0.29) is 18.8 Å². The Bertz CT molecular complexity index is 435. The van der Waals surface area contributed by atoms with Crippen LogP contribution < -0.4 is 0 Å². The van der Waals surface area contributed by atoms with Crippen LogP contribution in [0.5, 0.6) is 0 Å². The van der Waals surface area contributed by atoms with Crippen LogP contribution in [0.4, 0.5) is 0 Å². The largest absolute Gasteiger partial charge is 0.393 e. The molecule has 1 heterocycles. The Kier molecular flexibility index (Phi) is 5.34. The SMILES string of the molecule is N#CCc1ccccc1C(CO)OC1CCOCC1. The maximum atomic E-state index is 9.56. The molecule has 1 N–H and O–H groups in total. The second-order valence-electron chi connectivity index (χ2n) is 4.65. The number of benzene rings is 1. The Hall–Kier alpha value is -1.41. The predicted molar refractivity (Wildman–Crippen MR) is 70.5 cm³/mol. The van der Waals surface area contributed by atoms with Gasteiger partial charge in [0.25, 0.3) is 0 Å². The number of hydrogen-bond acceptors (Lipinski definition) is 4. The lowest BCUT2D eigenvalue weighted by atomic mass is 10.00. The molecule has 0 aliphatic carbocycles. The molecule has 0 spiro atoms. The third-order valence-corrected chi connectivity index (χ3v) is 3.36. The minimum absolute atomic E-state index is 0.0696. The van der Waals surface area contributed by atoms with Gasteiger partial charge in [0.1, 0.15) is 6.10 Å². The number of nitrogens with zero attached hydrogens (tertiary/aromatic N) is 1. The lowest BCUT2D eigenvalue weighted by Crippen LogP contribution is -2.26. The molecule has 0 amide bonds. The Morgan fingerprint density at radius 2 is 2.11 bits per heavy atom. The fourth-order valence-corrected chi connectivity index (χ4v) is 2.35. The van der Waals surface area contributed by atoms with Crippen LogP contribution in [0.3, 0.4) is 0 Å². The molecule has 1 aromatic rings. The molecule has 1 unspecified atom stereocenters. The second kappa shape index (κ2) is 7.25. The van der Waals surface area contributed by atoms with E-state index >= 15 is 0 Å². The maximum absolute atomic E-state index is 9.56. The van der Waals surface area contributed by atoms with Crippen molar-refractivity contribution < 1.29 is 14.6 Å². The van der Waals surface area contributed by atoms with Crippen LogP contribution >= 0.6 is 0 Å². The van der Waals surface area contributed by atoms with Gasteiger partial charge in [0, 0.05) is 13.2 Å². The minimum Gasteiger partial charge on any atom is -0.393 e. The fourth-order valence-electron chi connectivity index (χ4n) is 2.35. The van der Waals surface area contributed by atoms with Crippen LogP contribution in [-0.2, 0) is 15.9 Å². The average Bonchev–Trinajstić information content (AvgIpc) is 2.47. The summed E-state index contributed by atoms with van der Waals surface area (Å²) < 4.78 is 11.3. The van der Waals surface area contributed by atoms with E-state index < -0.39 is 0 Å². The summed E-state index contributed by atoms with van der Waals surface area (Å²) in [5.41, 5.74) is 1.84. The number of hydrogen-bond donors (Lipinski definition) is 1. The quantitative estimate of drug-likeness (QED) is 0.880. The number of ether oxygens (including phenoxy) is 2. The van der Waals surface area contributed by atoms with Crippen molar-refractivity contribution in [2.24, 2.45) is 0 Å². The zero-order valence-corrected chi connectivity index (χ0v) is 10.9. The summed E-state index contributed by atoms with van der Waals surface area (Å²) in [5, 5.41) is 18.4. The highest BCUT2D eigenvalue weighted by atomic mass is 16.5. The molecule has 1 atom stereocenters. The lowest BCUT2D eigenvalue weighted by molar-refractivity contribution is -0.0850. The maximum Gasteiger partial charge on any atom is 0.106 e. The van der Waals surface area contributed by atoms with E-state index in [2.05, 4.69) is 6.07 Å². The molecule has 0 bridgehead atoms. The molecule has 102 valence electrons. The first kappa shape index (κ1) is 14.0. The predicted octanol–water partition coefficient (Wildman–Crippen LogP) is 1.98. The molecule has 0 aromatic heterocycles. The van der Waals surface area contributed by atoms with Gasteiger partial charge in [0.05, 0.1) is 25.2 Å². The molecule has 4 nitrogen and oxygen atoms in total. The van der Waals surface area contributed by atoms with Crippen molar-refractivity contribution in [2.75, 3.05) is 19.8 Å². The molecule has 1 fully saturated rings. The molecule has 1 aliphatic rings. The molecular weight excluding hydrogens is 242 g/mol. The summed E-state index contributed by atoms with van der Waals surface area (Å²) in [5.74, 6) is 0. The van der Waals surface area contributed by atoms with Crippen LogP contribution in [0.1, 0.15) is 30.1 Å². The summed E-state index contributed by atoms with van der Waals surface area (Å²) in [6.45, 7) is 1.35. The van der Waals surface area contributed by atoms with Gasteiger partial charge in [0.15, 0.2) is 0 Å². The third-order valence-electron chi connectivity index (χ3n) is 3.36. The summed E-state index contributed by atoms with van der Waals surface area (Å²) in [7, 11) is 0. The first-order valence-electron chi connectivity index (χ1n) is 6.64. The molecule has 4 heteroatoms. The van der Waals surface area contributed by atoms with Crippen LogP contribution in [0.25, 0.3) is 0 Å². The third kappa shape index (κ3) is 3.77. The number of aliphatic hydroxyl groups is 1. The van der Waals surface area contributed by atoms with E-state index in [0.29, 0.717) is 19.6 Å². The molecule has 1 aromatic carbocycles. The number of aliphatic hydroxyl groups excluding tert-OH is 1. The van der Waals surface area contributed by atoms with Gasteiger partial charge in [-0.3, -0.25) is 0 Å². The van der Waals surface area contributed by atoms with Crippen LogP contribution in [-0.4, -0.2) is 31.0 Å². The van der Waals surface area contributed by atoms with Crippen LogP contribution in [0, 0.1) is 11.3 Å². The van der Waals surface area contributed by atoms with Gasteiger partial charge in [-0.2, -0.15) is 5.26 Å². The molecule has 2 rings (SSSR count). The smallest absolute Gasteiger partial charge is 0.106 e. The number of nitriles is 1. The lowest BCUT2D eigenvalue weighted by Gasteiger charge is -2.27. The average molecular weight is 261 g/mol. The van der Waals surface area contributed by atoms with Crippen LogP contribution in [0.15, 0.2) is 24.3 Å². The van der Waals surface area contributed by atoms with E-state index in [1.165, 1.54) is 0 Å². The minimum atomic E-state index is -0.354. The topological polar surface area (TPSA) is 62.5 Å². The highest BCUT2D eigenvalue weighted by Gasteiger charge is 2.21. The normalized spacial score (nSPS) is 17.9. The Morgan fingerprint density at radius 3 is 2.79 bits per heavy atom. The van der Waals surface area contributed by atoms with Crippen molar-refractivity contribution in [3.8, 4) is 6.07 Å². The molecule has 1 saturated heterocycles. The first-order chi connectivity index (χ1) is 9.35. The molecule has 19 heavy (non-hydrogen) atoms. The summed E-state index contributed by atoms with van der Waals surface area (Å²) >= 11 is 0.